The van der Waals surface area contributed by atoms with E-state index in [1.165, 1.54) is 0 Å². The van der Waals surface area contributed by atoms with E-state index in [1.807, 2.05) is 18.7 Å². The summed E-state index contributed by atoms with van der Waals surface area (Å²) in [6, 6.07) is -0.713. The van der Waals surface area contributed by atoms with Crippen LogP contribution < -0.4 is 5.73 Å². The number of carbonyl (C=O) groups is 2. The molecule has 1 atom stereocenters. The van der Waals surface area contributed by atoms with Crippen LogP contribution in [0.4, 0.5) is 0 Å². The van der Waals surface area contributed by atoms with Gasteiger partial charge in [-0.25, -0.2) is 0 Å². The molecule has 0 rings (SSSR count). The largest absolute Gasteiger partial charge is 0.480 e. The third-order valence-electron chi connectivity index (χ3n) is 2.70. The second kappa shape index (κ2) is 10.8. The third-order valence-corrected chi connectivity index (χ3v) is 2.70. The van der Waals surface area contributed by atoms with Gasteiger partial charge in [0.2, 0.25) is 5.91 Å². The van der Waals surface area contributed by atoms with Crippen molar-refractivity contribution in [2.75, 3.05) is 13.1 Å². The Labute approximate surface area is 117 Å². The average molecular weight is 274 g/mol. The lowest BCUT2D eigenvalue weighted by molar-refractivity contribution is -0.139. The molecule has 0 fully saturated rings. The van der Waals surface area contributed by atoms with Gasteiger partial charge in [-0.3, -0.25) is 9.59 Å². The van der Waals surface area contributed by atoms with Crippen LogP contribution in [0.3, 0.4) is 0 Å². The highest BCUT2D eigenvalue weighted by molar-refractivity contribution is 5.76. The fourth-order valence-corrected chi connectivity index (χ4v) is 1.34. The molecule has 0 unspecified atom stereocenters. The third kappa shape index (κ3) is 10.5. The van der Waals surface area contributed by atoms with E-state index in [4.69, 9.17) is 10.8 Å². The Morgan fingerprint density at radius 1 is 1.11 bits per heavy atom. The fraction of sp³-hybridized carbons (Fsp3) is 0.857. The maximum atomic E-state index is 11.3. The highest BCUT2D eigenvalue weighted by Crippen LogP contribution is 2.03. The molecule has 0 saturated heterocycles. The van der Waals surface area contributed by atoms with Crippen molar-refractivity contribution in [1.82, 2.24) is 4.90 Å². The van der Waals surface area contributed by atoms with E-state index in [0.29, 0.717) is 12.3 Å². The number of amides is 1. The first-order chi connectivity index (χ1) is 8.67. The number of carbonyl (C=O) groups excluding carboxylic acids is 1. The SMILES string of the molecule is CC(C)[C@H](N)C(=O)O.CCN(CC)C(=O)CC(C)C. The number of carboxylic acids is 1. The molecule has 0 aromatic carbocycles. The van der Waals surface area contributed by atoms with E-state index in [2.05, 4.69) is 13.8 Å². The summed E-state index contributed by atoms with van der Waals surface area (Å²) >= 11 is 0. The van der Waals surface area contributed by atoms with Crippen LogP contribution in [-0.2, 0) is 9.59 Å². The molecule has 0 aliphatic carbocycles. The van der Waals surface area contributed by atoms with Crippen LogP contribution in [0.1, 0.15) is 48.0 Å². The summed E-state index contributed by atoms with van der Waals surface area (Å²) in [5.41, 5.74) is 5.16. The minimum atomic E-state index is -0.931. The molecular weight excluding hydrogens is 244 g/mol. The predicted octanol–water partition coefficient (Wildman–Crippen LogP) is 1.96. The van der Waals surface area contributed by atoms with Crippen molar-refractivity contribution in [2.24, 2.45) is 17.6 Å². The Balaban J connectivity index is 0. The first-order valence-electron chi connectivity index (χ1n) is 6.93. The number of carboxylic acid groups (broad SMARTS) is 1. The van der Waals surface area contributed by atoms with Gasteiger partial charge in [-0.2, -0.15) is 0 Å². The van der Waals surface area contributed by atoms with Crippen LogP contribution in [0.5, 0.6) is 0 Å². The molecule has 1 amide bonds. The van der Waals surface area contributed by atoms with E-state index >= 15 is 0 Å². The van der Waals surface area contributed by atoms with Gasteiger partial charge >= 0.3 is 5.97 Å². The molecular formula is C14H30N2O3. The fourth-order valence-electron chi connectivity index (χ4n) is 1.34. The molecule has 19 heavy (non-hydrogen) atoms. The highest BCUT2D eigenvalue weighted by Gasteiger charge is 2.14. The van der Waals surface area contributed by atoms with E-state index in [1.54, 1.807) is 13.8 Å². The number of nitrogens with zero attached hydrogens (tertiary/aromatic N) is 1. The monoisotopic (exact) mass is 274 g/mol. The number of aliphatic carboxylic acids is 1. The number of rotatable bonds is 6. The summed E-state index contributed by atoms with van der Waals surface area (Å²) in [4.78, 5) is 23.2. The van der Waals surface area contributed by atoms with Gasteiger partial charge in [-0.1, -0.05) is 27.7 Å². The van der Waals surface area contributed by atoms with Crippen LogP contribution in [0, 0.1) is 11.8 Å². The Morgan fingerprint density at radius 3 is 1.68 bits per heavy atom. The van der Waals surface area contributed by atoms with Crippen LogP contribution in [0.2, 0.25) is 0 Å². The molecule has 0 aliphatic heterocycles. The summed E-state index contributed by atoms with van der Waals surface area (Å²) in [7, 11) is 0. The van der Waals surface area contributed by atoms with Gasteiger partial charge in [0.25, 0.3) is 0 Å². The van der Waals surface area contributed by atoms with Gasteiger partial charge in [0.1, 0.15) is 6.04 Å². The van der Waals surface area contributed by atoms with E-state index in [-0.39, 0.29) is 11.8 Å². The molecule has 5 nitrogen and oxygen atoms in total. The van der Waals surface area contributed by atoms with Crippen molar-refractivity contribution in [2.45, 2.75) is 54.0 Å². The number of hydrogen-bond acceptors (Lipinski definition) is 3. The van der Waals surface area contributed by atoms with Crippen molar-refractivity contribution < 1.29 is 14.7 Å². The molecule has 0 aliphatic rings. The first kappa shape index (κ1) is 20.2. The quantitative estimate of drug-likeness (QED) is 0.775. The second-order valence-corrected chi connectivity index (χ2v) is 5.27. The van der Waals surface area contributed by atoms with Crippen LogP contribution >= 0.6 is 0 Å². The van der Waals surface area contributed by atoms with Crippen molar-refractivity contribution in [3.05, 3.63) is 0 Å². The van der Waals surface area contributed by atoms with Crippen molar-refractivity contribution in [1.29, 1.82) is 0 Å². The highest BCUT2D eigenvalue weighted by atomic mass is 16.4. The zero-order valence-corrected chi connectivity index (χ0v) is 13.1. The molecule has 0 saturated carbocycles. The van der Waals surface area contributed by atoms with Crippen LogP contribution in [0.25, 0.3) is 0 Å². The Morgan fingerprint density at radius 2 is 1.53 bits per heavy atom. The van der Waals surface area contributed by atoms with Crippen LogP contribution in [-0.4, -0.2) is 41.0 Å². The molecule has 3 N–H and O–H groups in total. The standard InChI is InChI=1S/C9H19NO.C5H11NO2/c1-5-10(6-2)9(11)7-8(3)4;1-3(2)4(6)5(7)8/h8H,5-7H2,1-4H3;3-4H,6H2,1-2H3,(H,7,8)/t;4-/m.0/s1. The van der Waals surface area contributed by atoms with Gasteiger partial charge in [-0.15, -0.1) is 0 Å². The Bertz CT molecular complexity index is 261. The molecule has 0 spiro atoms. The first-order valence-corrected chi connectivity index (χ1v) is 6.93. The number of hydrogen-bond donors (Lipinski definition) is 2. The minimum Gasteiger partial charge on any atom is -0.480 e. The van der Waals surface area contributed by atoms with Crippen LogP contribution in [0.15, 0.2) is 0 Å². The summed E-state index contributed by atoms with van der Waals surface area (Å²) in [5, 5.41) is 8.23. The van der Waals surface area contributed by atoms with Crippen molar-refractivity contribution in [3.8, 4) is 0 Å². The van der Waals surface area contributed by atoms with Gasteiger partial charge < -0.3 is 15.7 Å². The number of nitrogens with two attached hydrogens (primary N) is 1. The summed E-state index contributed by atoms with van der Waals surface area (Å²) in [6.45, 7) is 13.4. The molecule has 0 aromatic rings. The molecule has 0 radical (unpaired) electrons. The Kier molecular flexibility index (Phi) is 11.5. The van der Waals surface area contributed by atoms with Gasteiger partial charge in [0, 0.05) is 19.5 Å². The molecule has 0 bridgehead atoms. The van der Waals surface area contributed by atoms with Gasteiger partial charge in [-0.05, 0) is 25.7 Å². The van der Waals surface area contributed by atoms with E-state index in [0.717, 1.165) is 13.1 Å². The molecule has 0 heterocycles. The zero-order chi connectivity index (χ0) is 15.6. The summed E-state index contributed by atoms with van der Waals surface area (Å²) < 4.78 is 0. The normalized spacial score (nSPS) is 11.8. The maximum absolute atomic E-state index is 11.3. The smallest absolute Gasteiger partial charge is 0.320 e. The lowest BCUT2D eigenvalue weighted by atomic mass is 10.1. The lowest BCUT2D eigenvalue weighted by Gasteiger charge is -2.19. The topological polar surface area (TPSA) is 83.6 Å². The minimum absolute atomic E-state index is 0.0208. The van der Waals surface area contributed by atoms with Gasteiger partial charge in [0.15, 0.2) is 0 Å². The molecule has 0 aromatic heterocycles. The molecule has 114 valence electrons. The predicted molar refractivity (Wildman–Crippen MR) is 77.8 cm³/mol. The summed E-state index contributed by atoms with van der Waals surface area (Å²) in [6.07, 6.45) is 0.682. The van der Waals surface area contributed by atoms with E-state index in [9.17, 15) is 9.59 Å². The molecule has 5 heteroatoms. The zero-order valence-electron chi connectivity index (χ0n) is 13.1. The van der Waals surface area contributed by atoms with Crippen molar-refractivity contribution in [3.63, 3.8) is 0 Å². The Hall–Kier alpha value is -1.10. The average Bonchev–Trinajstić information content (AvgIpc) is 2.29. The summed E-state index contributed by atoms with van der Waals surface area (Å²) in [5.74, 6) is -0.152. The van der Waals surface area contributed by atoms with Gasteiger partial charge in [0.05, 0.1) is 0 Å². The maximum Gasteiger partial charge on any atom is 0.320 e. The van der Waals surface area contributed by atoms with Crippen molar-refractivity contribution >= 4 is 11.9 Å². The second-order valence-electron chi connectivity index (χ2n) is 5.27. The lowest BCUT2D eigenvalue weighted by Crippen LogP contribution is -2.34. The van der Waals surface area contributed by atoms with E-state index < -0.39 is 12.0 Å².